The second-order valence-electron chi connectivity index (χ2n) is 8.10. The first kappa shape index (κ1) is 22.4. The van der Waals surface area contributed by atoms with Crippen LogP contribution >= 0.6 is 23.6 Å². The minimum absolute atomic E-state index is 0.161. The summed E-state index contributed by atoms with van der Waals surface area (Å²) < 4.78 is 2.24. The number of aromatic nitrogens is 3. The summed E-state index contributed by atoms with van der Waals surface area (Å²) in [5.41, 5.74) is 8.43. The van der Waals surface area contributed by atoms with Crippen LogP contribution in [0, 0.1) is 11.7 Å². The van der Waals surface area contributed by atoms with Gasteiger partial charge in [0.25, 0.3) is 5.91 Å². The molecule has 0 unspecified atom stereocenters. The lowest BCUT2D eigenvalue weighted by molar-refractivity contribution is -0.122. The highest BCUT2D eigenvalue weighted by Gasteiger charge is 2.17. The van der Waals surface area contributed by atoms with Crippen LogP contribution in [0.15, 0.2) is 30.3 Å². The van der Waals surface area contributed by atoms with Crippen molar-refractivity contribution in [1.82, 2.24) is 25.6 Å². The Balaban J connectivity index is 1.33. The number of nitrogens with one attached hydrogen (secondary N) is 3. The molecule has 3 aromatic rings. The smallest absolute Gasteiger partial charge is 0.279 e. The van der Waals surface area contributed by atoms with E-state index in [0.717, 1.165) is 24.0 Å². The largest absolute Gasteiger partial charge is 0.300 e. The second-order valence-corrected chi connectivity index (χ2v) is 9.62. The van der Waals surface area contributed by atoms with Crippen molar-refractivity contribution in [2.75, 3.05) is 0 Å². The molecule has 0 saturated carbocycles. The summed E-state index contributed by atoms with van der Waals surface area (Å²) in [5.74, 6) is 0.129. The molecule has 7 nitrogen and oxygen atoms in total. The quantitative estimate of drug-likeness (QED) is 0.379. The zero-order valence-electron chi connectivity index (χ0n) is 18.1. The summed E-state index contributed by atoms with van der Waals surface area (Å²) in [7, 11) is 0. The van der Waals surface area contributed by atoms with Gasteiger partial charge < -0.3 is 0 Å². The number of amides is 2. The van der Waals surface area contributed by atoms with Gasteiger partial charge in [-0.1, -0.05) is 42.7 Å². The first-order chi connectivity index (χ1) is 15.5. The standard InChI is InChI=1S/C23H27N5O2S2/c1-15-8-10-16(11-9-15)21-25-27-23(31)28(21)13-12-20(29)24-26-22(30)19-14-17-6-4-2-3-5-7-18(17)32-19/h8-11,14H,2-7,12-13H2,1H3,(H,24,29)(H,26,30)(H,27,31). The minimum Gasteiger partial charge on any atom is -0.300 e. The molecule has 32 heavy (non-hydrogen) atoms. The van der Waals surface area contributed by atoms with Crippen LogP contribution in [0.4, 0.5) is 0 Å². The van der Waals surface area contributed by atoms with E-state index >= 15 is 0 Å². The van der Waals surface area contributed by atoms with Crippen molar-refractivity contribution < 1.29 is 9.59 Å². The highest BCUT2D eigenvalue weighted by molar-refractivity contribution is 7.71. The fourth-order valence-corrected chi connectivity index (χ4v) is 5.24. The molecule has 1 aromatic carbocycles. The number of thiophene rings is 1. The van der Waals surface area contributed by atoms with Gasteiger partial charge >= 0.3 is 0 Å². The zero-order chi connectivity index (χ0) is 22.5. The van der Waals surface area contributed by atoms with Crippen LogP contribution in [0.25, 0.3) is 11.4 Å². The molecule has 0 fully saturated rings. The Morgan fingerprint density at radius 2 is 1.88 bits per heavy atom. The third-order valence-corrected chi connectivity index (χ3v) is 7.21. The minimum atomic E-state index is -0.286. The fourth-order valence-electron chi connectivity index (χ4n) is 3.87. The van der Waals surface area contributed by atoms with E-state index in [4.69, 9.17) is 12.2 Å². The normalized spacial score (nSPS) is 13.7. The van der Waals surface area contributed by atoms with Crippen LogP contribution in [0.5, 0.6) is 0 Å². The molecule has 1 aliphatic carbocycles. The van der Waals surface area contributed by atoms with Crippen molar-refractivity contribution >= 4 is 35.4 Å². The topological polar surface area (TPSA) is 91.8 Å². The van der Waals surface area contributed by atoms with Crippen molar-refractivity contribution in [3.05, 3.63) is 56.0 Å². The number of hydrogen-bond acceptors (Lipinski definition) is 5. The van der Waals surface area contributed by atoms with Gasteiger partial charge in [0.1, 0.15) is 0 Å². The number of carbonyl (C=O) groups is 2. The Labute approximate surface area is 196 Å². The number of fused-ring (bicyclic) bond motifs is 1. The predicted octanol–water partition coefficient (Wildman–Crippen LogP) is 4.49. The summed E-state index contributed by atoms with van der Waals surface area (Å²) in [6.45, 7) is 2.38. The Morgan fingerprint density at radius 3 is 2.66 bits per heavy atom. The summed E-state index contributed by atoms with van der Waals surface area (Å²) >= 11 is 6.87. The zero-order valence-corrected chi connectivity index (χ0v) is 19.7. The summed E-state index contributed by atoms with van der Waals surface area (Å²) in [4.78, 5) is 26.9. The van der Waals surface area contributed by atoms with E-state index in [1.54, 1.807) is 4.57 Å². The van der Waals surface area contributed by atoms with Gasteiger partial charge in [-0.3, -0.25) is 30.1 Å². The van der Waals surface area contributed by atoms with Crippen molar-refractivity contribution in [1.29, 1.82) is 0 Å². The highest BCUT2D eigenvalue weighted by Crippen LogP contribution is 2.28. The van der Waals surface area contributed by atoms with E-state index in [1.807, 2.05) is 37.3 Å². The van der Waals surface area contributed by atoms with Gasteiger partial charge in [-0.25, -0.2) is 0 Å². The van der Waals surface area contributed by atoms with Gasteiger partial charge in [-0.15, -0.1) is 11.3 Å². The Morgan fingerprint density at radius 1 is 1.12 bits per heavy atom. The number of carbonyl (C=O) groups excluding carboxylic acids is 2. The lowest BCUT2D eigenvalue weighted by atomic mass is 10.00. The van der Waals surface area contributed by atoms with Gasteiger partial charge in [0.2, 0.25) is 5.91 Å². The lowest BCUT2D eigenvalue weighted by Gasteiger charge is -2.09. The number of nitrogens with zero attached hydrogens (tertiary/aromatic N) is 2. The van der Waals surface area contributed by atoms with E-state index in [2.05, 4.69) is 21.0 Å². The number of aryl methyl sites for hydroxylation is 3. The molecule has 0 radical (unpaired) electrons. The van der Waals surface area contributed by atoms with Crippen LogP contribution in [0.2, 0.25) is 0 Å². The predicted molar refractivity (Wildman–Crippen MR) is 128 cm³/mol. The molecule has 1 aliphatic rings. The first-order valence-electron chi connectivity index (χ1n) is 10.9. The molecule has 3 N–H and O–H groups in total. The molecule has 2 heterocycles. The molecular weight excluding hydrogens is 442 g/mol. The molecule has 4 rings (SSSR count). The van der Waals surface area contributed by atoms with Crippen molar-refractivity contribution in [3.63, 3.8) is 0 Å². The van der Waals surface area contributed by atoms with Gasteiger partial charge in [0.15, 0.2) is 10.6 Å². The van der Waals surface area contributed by atoms with Crippen molar-refractivity contribution in [2.45, 2.75) is 58.4 Å². The number of H-pyrrole nitrogens is 1. The summed E-state index contributed by atoms with van der Waals surface area (Å²) in [5, 5.41) is 7.09. The SMILES string of the molecule is Cc1ccc(-c2n[nH]c(=S)n2CCC(=O)NNC(=O)c2cc3c(s2)CCCCCC3)cc1. The average Bonchev–Trinajstić information content (AvgIpc) is 3.34. The molecule has 2 amide bonds. The third-order valence-electron chi connectivity index (χ3n) is 5.67. The van der Waals surface area contributed by atoms with Gasteiger partial charge in [-0.2, -0.15) is 5.10 Å². The van der Waals surface area contributed by atoms with Crippen LogP contribution in [-0.2, 0) is 24.2 Å². The monoisotopic (exact) mass is 469 g/mol. The Hall–Kier alpha value is -2.78. The molecule has 168 valence electrons. The lowest BCUT2D eigenvalue weighted by Crippen LogP contribution is -2.41. The molecule has 0 bridgehead atoms. The average molecular weight is 470 g/mol. The number of aromatic amines is 1. The van der Waals surface area contributed by atoms with Crippen LogP contribution < -0.4 is 10.9 Å². The van der Waals surface area contributed by atoms with Gasteiger partial charge in [-0.05, 0) is 56.5 Å². The number of benzene rings is 1. The number of rotatable bonds is 5. The van der Waals surface area contributed by atoms with E-state index in [9.17, 15) is 9.59 Å². The Kier molecular flexibility index (Phi) is 7.16. The third kappa shape index (κ3) is 5.34. The molecular formula is C23H27N5O2S2. The fraction of sp³-hybridized carbons (Fsp3) is 0.391. The van der Waals surface area contributed by atoms with E-state index < -0.39 is 0 Å². The summed E-state index contributed by atoms with van der Waals surface area (Å²) in [6.07, 6.45) is 7.07. The molecule has 0 atom stereocenters. The summed E-state index contributed by atoms with van der Waals surface area (Å²) in [6, 6.07) is 9.94. The van der Waals surface area contributed by atoms with E-state index in [-0.39, 0.29) is 18.2 Å². The second kappa shape index (κ2) is 10.2. The van der Waals surface area contributed by atoms with Crippen molar-refractivity contribution in [2.24, 2.45) is 0 Å². The molecule has 0 spiro atoms. The van der Waals surface area contributed by atoms with Crippen molar-refractivity contribution in [3.8, 4) is 11.4 Å². The maximum absolute atomic E-state index is 12.5. The highest BCUT2D eigenvalue weighted by atomic mass is 32.1. The van der Waals surface area contributed by atoms with Crippen LogP contribution in [-0.4, -0.2) is 26.6 Å². The number of hydrazine groups is 1. The first-order valence-corrected chi connectivity index (χ1v) is 12.2. The van der Waals surface area contributed by atoms with Crippen LogP contribution in [0.3, 0.4) is 0 Å². The van der Waals surface area contributed by atoms with E-state index in [0.29, 0.717) is 22.0 Å². The van der Waals surface area contributed by atoms with Gasteiger partial charge in [0, 0.05) is 23.4 Å². The molecule has 0 saturated heterocycles. The number of hydrogen-bond donors (Lipinski definition) is 3. The molecule has 2 aromatic heterocycles. The van der Waals surface area contributed by atoms with Crippen LogP contribution in [0.1, 0.15) is 57.8 Å². The molecule has 0 aliphatic heterocycles. The molecule has 9 heteroatoms. The van der Waals surface area contributed by atoms with Gasteiger partial charge in [0.05, 0.1) is 4.88 Å². The Bertz CT molecular complexity index is 1130. The van der Waals surface area contributed by atoms with E-state index in [1.165, 1.54) is 47.5 Å². The maximum Gasteiger partial charge on any atom is 0.279 e. The maximum atomic E-state index is 12.5.